The molecule has 1 unspecified atom stereocenters. The van der Waals surface area contributed by atoms with E-state index in [-0.39, 0.29) is 17.6 Å². The molecule has 0 saturated carbocycles. The van der Waals surface area contributed by atoms with Crippen LogP contribution < -0.4 is 0 Å². The number of rotatable bonds is 3. The van der Waals surface area contributed by atoms with Gasteiger partial charge >= 0.3 is 0 Å². The maximum absolute atomic E-state index is 12.7. The average Bonchev–Trinajstić information content (AvgIpc) is 2.36. The van der Waals surface area contributed by atoms with Crippen molar-refractivity contribution in [3.8, 4) is 5.75 Å². The summed E-state index contributed by atoms with van der Waals surface area (Å²) in [7, 11) is 0. The summed E-state index contributed by atoms with van der Waals surface area (Å²) in [6.45, 7) is 2.91. The third-order valence-corrected chi connectivity index (χ3v) is 3.45. The number of nitrogens with zero attached hydrogens (tertiary/aromatic N) is 1. The molecule has 2 rings (SSSR count). The fraction of sp³-hybridized carbons (Fsp3) is 0.400. The van der Waals surface area contributed by atoms with Crippen molar-refractivity contribution in [3.05, 3.63) is 35.4 Å². The molecule has 1 aromatic carbocycles. The predicted octanol–water partition coefficient (Wildman–Crippen LogP) is 3.18. The van der Waals surface area contributed by atoms with E-state index >= 15 is 0 Å². The van der Waals surface area contributed by atoms with Crippen LogP contribution in [-0.2, 0) is 4.79 Å². The van der Waals surface area contributed by atoms with Crippen LogP contribution >= 0.6 is 0 Å². The van der Waals surface area contributed by atoms with Crippen molar-refractivity contribution in [1.82, 2.24) is 4.90 Å². The number of alkyl halides is 2. The van der Waals surface area contributed by atoms with Gasteiger partial charge in [-0.3, -0.25) is 4.79 Å². The van der Waals surface area contributed by atoms with Gasteiger partial charge in [0, 0.05) is 17.2 Å². The van der Waals surface area contributed by atoms with Gasteiger partial charge in [-0.05, 0) is 37.1 Å². The van der Waals surface area contributed by atoms with E-state index in [2.05, 4.69) is 0 Å². The molecule has 20 heavy (non-hydrogen) atoms. The Kier molecular flexibility index (Phi) is 4.06. The number of carbonyl (C=O) groups is 1. The number of amides is 1. The Hall–Kier alpha value is -1.91. The number of halogens is 2. The molecule has 0 fully saturated rings. The van der Waals surface area contributed by atoms with Crippen LogP contribution in [0.2, 0.25) is 0 Å². The molecule has 1 aliphatic rings. The summed E-state index contributed by atoms with van der Waals surface area (Å²) in [6, 6.07) is 4.70. The molecule has 0 radical (unpaired) electrons. The van der Waals surface area contributed by atoms with Gasteiger partial charge in [-0.1, -0.05) is 13.0 Å². The smallest absolute Gasteiger partial charge is 0.256 e. The van der Waals surface area contributed by atoms with Gasteiger partial charge in [0.25, 0.3) is 6.43 Å². The zero-order chi connectivity index (χ0) is 14.9. The summed E-state index contributed by atoms with van der Waals surface area (Å²) in [4.78, 5) is 13.3. The lowest BCUT2D eigenvalue weighted by Crippen LogP contribution is -2.39. The van der Waals surface area contributed by atoms with Gasteiger partial charge in [0.05, 0.1) is 6.54 Å². The fourth-order valence-corrected chi connectivity index (χ4v) is 2.40. The van der Waals surface area contributed by atoms with E-state index in [1.54, 1.807) is 26.0 Å². The molecule has 0 aromatic heterocycles. The second-order valence-electron chi connectivity index (χ2n) is 5.07. The van der Waals surface area contributed by atoms with Crippen molar-refractivity contribution in [2.75, 3.05) is 6.54 Å². The molecule has 1 amide bonds. The summed E-state index contributed by atoms with van der Waals surface area (Å²) in [5, 5.41) is 9.42. The van der Waals surface area contributed by atoms with Gasteiger partial charge < -0.3 is 10.0 Å². The van der Waals surface area contributed by atoms with Gasteiger partial charge in [-0.25, -0.2) is 8.78 Å². The molecule has 5 heteroatoms. The minimum absolute atomic E-state index is 0.114. The normalized spacial score (nSPS) is 19.4. The van der Waals surface area contributed by atoms with Crippen LogP contribution in [0, 0.1) is 12.8 Å². The predicted molar refractivity (Wildman–Crippen MR) is 72.3 cm³/mol. The first kappa shape index (κ1) is 14.5. The monoisotopic (exact) mass is 281 g/mol. The van der Waals surface area contributed by atoms with Crippen molar-refractivity contribution in [3.63, 3.8) is 0 Å². The van der Waals surface area contributed by atoms with Crippen molar-refractivity contribution < 1.29 is 18.7 Å². The molecule has 1 atom stereocenters. The Bertz CT molecular complexity index is 555. The molecule has 1 heterocycles. The van der Waals surface area contributed by atoms with E-state index in [1.807, 2.05) is 6.08 Å². The number of benzene rings is 1. The quantitative estimate of drug-likeness (QED) is 0.924. The maximum atomic E-state index is 12.7. The largest absolute Gasteiger partial charge is 0.508 e. The number of aryl methyl sites for hydroxylation is 1. The summed E-state index contributed by atoms with van der Waals surface area (Å²) >= 11 is 0. The summed E-state index contributed by atoms with van der Waals surface area (Å²) in [5.41, 5.74) is 1.95. The highest BCUT2D eigenvalue weighted by molar-refractivity contribution is 5.91. The molecule has 0 aliphatic carbocycles. The van der Waals surface area contributed by atoms with E-state index in [0.717, 1.165) is 10.5 Å². The Balaban J connectivity index is 2.43. The number of allylic oxidation sites excluding steroid dienone is 1. The third kappa shape index (κ3) is 2.81. The van der Waals surface area contributed by atoms with Crippen molar-refractivity contribution in [2.24, 2.45) is 5.92 Å². The number of hydrogen-bond acceptors (Lipinski definition) is 2. The first-order valence-corrected chi connectivity index (χ1v) is 6.50. The van der Waals surface area contributed by atoms with Gasteiger partial charge in [0.2, 0.25) is 5.91 Å². The van der Waals surface area contributed by atoms with Crippen LogP contribution in [0.25, 0.3) is 5.70 Å². The second-order valence-corrected chi connectivity index (χ2v) is 5.07. The van der Waals surface area contributed by atoms with Crippen LogP contribution in [0.5, 0.6) is 5.75 Å². The molecule has 0 bridgehead atoms. The van der Waals surface area contributed by atoms with Crippen molar-refractivity contribution in [1.29, 1.82) is 0 Å². The Morgan fingerprint density at radius 1 is 1.45 bits per heavy atom. The minimum atomic E-state index is -2.58. The van der Waals surface area contributed by atoms with Gasteiger partial charge in [-0.15, -0.1) is 0 Å². The standard InChI is InChI=1S/C15H17F2NO2/c1-9-3-6-13(18(15(9)20)8-14(16)17)12-5-4-11(19)7-10(12)2/h4-7,9,14,19H,3,8H2,1-2H3. The lowest BCUT2D eigenvalue weighted by Gasteiger charge is -2.32. The Morgan fingerprint density at radius 3 is 2.75 bits per heavy atom. The highest BCUT2D eigenvalue weighted by Gasteiger charge is 2.30. The number of phenols is 1. The zero-order valence-corrected chi connectivity index (χ0v) is 11.4. The van der Waals surface area contributed by atoms with E-state index in [4.69, 9.17) is 0 Å². The van der Waals surface area contributed by atoms with E-state index in [9.17, 15) is 18.7 Å². The second kappa shape index (κ2) is 5.61. The molecular formula is C15H17F2NO2. The molecule has 1 aromatic rings. The molecule has 1 aliphatic heterocycles. The number of hydrogen-bond donors (Lipinski definition) is 1. The lowest BCUT2D eigenvalue weighted by molar-refractivity contribution is -0.133. The summed E-state index contributed by atoms with van der Waals surface area (Å²) < 4.78 is 25.4. The average molecular weight is 281 g/mol. The number of phenolic OH excluding ortho intramolecular Hbond substituents is 1. The summed E-state index contributed by atoms with van der Waals surface area (Å²) in [6.07, 6.45) is -0.229. The molecule has 3 nitrogen and oxygen atoms in total. The van der Waals surface area contributed by atoms with Crippen LogP contribution in [0.15, 0.2) is 24.3 Å². The third-order valence-electron chi connectivity index (χ3n) is 3.45. The van der Waals surface area contributed by atoms with Gasteiger partial charge in [0.15, 0.2) is 0 Å². The van der Waals surface area contributed by atoms with Crippen LogP contribution in [0.1, 0.15) is 24.5 Å². The van der Waals surface area contributed by atoms with Crippen LogP contribution in [0.4, 0.5) is 8.78 Å². The Labute approximate surface area is 116 Å². The fourth-order valence-electron chi connectivity index (χ4n) is 2.40. The maximum Gasteiger partial charge on any atom is 0.256 e. The highest BCUT2D eigenvalue weighted by Crippen LogP contribution is 2.32. The number of aromatic hydroxyl groups is 1. The molecule has 0 saturated heterocycles. The number of carbonyl (C=O) groups excluding carboxylic acids is 1. The topological polar surface area (TPSA) is 40.5 Å². The van der Waals surface area contributed by atoms with E-state index in [1.165, 1.54) is 6.07 Å². The molecule has 1 N–H and O–H groups in total. The van der Waals surface area contributed by atoms with E-state index < -0.39 is 13.0 Å². The minimum Gasteiger partial charge on any atom is -0.508 e. The van der Waals surface area contributed by atoms with Crippen LogP contribution in [-0.4, -0.2) is 28.9 Å². The van der Waals surface area contributed by atoms with Gasteiger partial charge in [-0.2, -0.15) is 0 Å². The van der Waals surface area contributed by atoms with Crippen molar-refractivity contribution >= 4 is 11.6 Å². The van der Waals surface area contributed by atoms with Crippen LogP contribution in [0.3, 0.4) is 0 Å². The molecule has 0 spiro atoms. The summed E-state index contributed by atoms with van der Waals surface area (Å²) in [5.74, 6) is -0.451. The molecule has 108 valence electrons. The zero-order valence-electron chi connectivity index (χ0n) is 11.4. The van der Waals surface area contributed by atoms with E-state index in [0.29, 0.717) is 17.7 Å². The first-order chi connectivity index (χ1) is 9.40. The highest BCUT2D eigenvalue weighted by atomic mass is 19.3. The van der Waals surface area contributed by atoms with Crippen molar-refractivity contribution in [2.45, 2.75) is 26.7 Å². The van der Waals surface area contributed by atoms with Gasteiger partial charge in [0.1, 0.15) is 5.75 Å². The molecular weight excluding hydrogens is 264 g/mol. The SMILES string of the molecule is Cc1cc(O)ccc1C1=CCC(C)C(=O)N1CC(F)F. The lowest BCUT2D eigenvalue weighted by atomic mass is 9.95. The Morgan fingerprint density at radius 2 is 2.15 bits per heavy atom. The first-order valence-electron chi connectivity index (χ1n) is 6.50.